The molecule has 0 N–H and O–H groups in total. The van der Waals surface area contributed by atoms with E-state index >= 15 is 0 Å². The molecule has 0 amide bonds. The molecule has 0 radical (unpaired) electrons. The first-order valence-corrected chi connectivity index (χ1v) is 8.85. The molecule has 0 heterocycles. The Morgan fingerprint density at radius 1 is 1.05 bits per heavy atom. The van der Waals surface area contributed by atoms with Crippen molar-refractivity contribution in [3.63, 3.8) is 0 Å². The molecule has 0 saturated heterocycles. The molecule has 1 aromatic rings. The number of carbonyl (C=O) groups excluding carboxylic acids is 1. The minimum atomic E-state index is -0.0995. The van der Waals surface area contributed by atoms with Gasteiger partial charge in [-0.2, -0.15) is 0 Å². The second-order valence-electron chi connectivity index (χ2n) is 6.53. The zero-order chi connectivity index (χ0) is 16.4. The molecule has 0 aliphatic carbocycles. The Labute approximate surface area is 136 Å². The number of esters is 1. The Morgan fingerprint density at radius 3 is 2.32 bits per heavy atom. The molecule has 1 rings (SSSR count). The van der Waals surface area contributed by atoms with Crippen LogP contribution in [0.15, 0.2) is 18.2 Å². The summed E-state index contributed by atoms with van der Waals surface area (Å²) in [6, 6.07) is 6.14. The third kappa shape index (κ3) is 7.11. The van der Waals surface area contributed by atoms with Crippen molar-refractivity contribution >= 4 is 5.97 Å². The Hall–Kier alpha value is -1.31. The summed E-state index contributed by atoms with van der Waals surface area (Å²) in [4.78, 5) is 12.0. The van der Waals surface area contributed by atoms with Crippen molar-refractivity contribution in [2.75, 3.05) is 0 Å². The molecule has 1 aromatic carbocycles. The van der Waals surface area contributed by atoms with Crippen molar-refractivity contribution in [2.45, 2.75) is 85.0 Å². The fourth-order valence-corrected chi connectivity index (χ4v) is 2.49. The topological polar surface area (TPSA) is 26.3 Å². The first-order valence-electron chi connectivity index (χ1n) is 8.85. The lowest BCUT2D eigenvalue weighted by Gasteiger charge is -2.11. The number of hydrogen-bond acceptors (Lipinski definition) is 2. The van der Waals surface area contributed by atoms with Crippen molar-refractivity contribution in [2.24, 2.45) is 0 Å². The summed E-state index contributed by atoms with van der Waals surface area (Å²) in [6.07, 6.45) is 9.04. The van der Waals surface area contributed by atoms with Gasteiger partial charge in [0.1, 0.15) is 5.75 Å². The second-order valence-corrected chi connectivity index (χ2v) is 6.53. The van der Waals surface area contributed by atoms with E-state index in [0.717, 1.165) is 24.2 Å². The fraction of sp³-hybridized carbons (Fsp3) is 0.650. The molecule has 0 atom stereocenters. The summed E-state index contributed by atoms with van der Waals surface area (Å²) >= 11 is 0. The SMILES string of the molecule is CCCCCCCCCC(=O)Oc1cc(C(C)C)ccc1C. The number of ether oxygens (including phenoxy) is 1. The molecule has 22 heavy (non-hydrogen) atoms. The number of hydrogen-bond donors (Lipinski definition) is 0. The number of aryl methyl sites for hydroxylation is 1. The van der Waals surface area contributed by atoms with E-state index in [-0.39, 0.29) is 5.97 Å². The van der Waals surface area contributed by atoms with E-state index in [1.54, 1.807) is 0 Å². The Morgan fingerprint density at radius 2 is 1.68 bits per heavy atom. The van der Waals surface area contributed by atoms with Crippen LogP contribution in [0.3, 0.4) is 0 Å². The van der Waals surface area contributed by atoms with Gasteiger partial charge in [0.25, 0.3) is 0 Å². The minimum absolute atomic E-state index is 0.0995. The van der Waals surface area contributed by atoms with E-state index in [1.165, 1.54) is 37.7 Å². The van der Waals surface area contributed by atoms with Crippen molar-refractivity contribution < 1.29 is 9.53 Å². The van der Waals surface area contributed by atoms with Crippen molar-refractivity contribution in [3.05, 3.63) is 29.3 Å². The van der Waals surface area contributed by atoms with Gasteiger partial charge >= 0.3 is 5.97 Å². The summed E-state index contributed by atoms with van der Waals surface area (Å²) in [6.45, 7) is 8.51. The summed E-state index contributed by atoms with van der Waals surface area (Å²) in [5.74, 6) is 1.07. The quantitative estimate of drug-likeness (QED) is 0.294. The molecule has 0 aliphatic rings. The Kier molecular flexibility index (Phi) is 8.88. The summed E-state index contributed by atoms with van der Waals surface area (Å²) < 4.78 is 5.54. The van der Waals surface area contributed by atoms with Gasteiger partial charge in [-0.25, -0.2) is 0 Å². The third-order valence-electron chi connectivity index (χ3n) is 4.09. The van der Waals surface area contributed by atoms with E-state index in [1.807, 2.05) is 19.1 Å². The highest BCUT2D eigenvalue weighted by Gasteiger charge is 2.09. The van der Waals surface area contributed by atoms with E-state index in [2.05, 4.69) is 26.8 Å². The minimum Gasteiger partial charge on any atom is -0.426 e. The van der Waals surface area contributed by atoms with Gasteiger partial charge < -0.3 is 4.74 Å². The Balaban J connectivity index is 2.31. The normalized spacial score (nSPS) is 11.0. The first kappa shape index (κ1) is 18.7. The van der Waals surface area contributed by atoms with E-state index in [4.69, 9.17) is 4.74 Å². The lowest BCUT2D eigenvalue weighted by atomic mass is 10.0. The maximum atomic E-state index is 12.0. The van der Waals surface area contributed by atoms with Crippen LogP contribution in [0.5, 0.6) is 5.75 Å². The van der Waals surface area contributed by atoms with Crippen LogP contribution in [-0.4, -0.2) is 5.97 Å². The van der Waals surface area contributed by atoms with Gasteiger partial charge in [0.05, 0.1) is 0 Å². The van der Waals surface area contributed by atoms with Crippen molar-refractivity contribution in [3.8, 4) is 5.75 Å². The monoisotopic (exact) mass is 304 g/mol. The predicted molar refractivity (Wildman–Crippen MR) is 93.5 cm³/mol. The smallest absolute Gasteiger partial charge is 0.311 e. The van der Waals surface area contributed by atoms with Gasteiger partial charge in [-0.15, -0.1) is 0 Å². The van der Waals surface area contributed by atoms with E-state index in [0.29, 0.717) is 12.3 Å². The summed E-state index contributed by atoms with van der Waals surface area (Å²) in [5.41, 5.74) is 2.24. The maximum absolute atomic E-state index is 12.0. The van der Waals surface area contributed by atoms with Crippen LogP contribution >= 0.6 is 0 Å². The van der Waals surface area contributed by atoms with Crippen molar-refractivity contribution in [1.82, 2.24) is 0 Å². The largest absolute Gasteiger partial charge is 0.426 e. The lowest BCUT2D eigenvalue weighted by molar-refractivity contribution is -0.134. The van der Waals surface area contributed by atoms with E-state index < -0.39 is 0 Å². The van der Waals surface area contributed by atoms with Crippen LogP contribution in [0.4, 0.5) is 0 Å². The zero-order valence-corrected chi connectivity index (χ0v) is 14.8. The molecule has 0 spiro atoms. The first-order chi connectivity index (χ1) is 10.5. The highest BCUT2D eigenvalue weighted by atomic mass is 16.5. The van der Waals surface area contributed by atoms with Crippen molar-refractivity contribution in [1.29, 1.82) is 0 Å². The lowest BCUT2D eigenvalue weighted by Crippen LogP contribution is -2.09. The molecule has 0 aliphatic heterocycles. The van der Waals surface area contributed by atoms with Gasteiger partial charge in [0.2, 0.25) is 0 Å². The van der Waals surface area contributed by atoms with Gasteiger partial charge in [-0.05, 0) is 36.5 Å². The predicted octanol–water partition coefficient (Wildman–Crippen LogP) is 6.16. The molecular weight excluding hydrogens is 272 g/mol. The molecule has 2 heteroatoms. The van der Waals surface area contributed by atoms with E-state index in [9.17, 15) is 4.79 Å². The van der Waals surface area contributed by atoms with Crippen LogP contribution in [0, 0.1) is 6.92 Å². The highest BCUT2D eigenvalue weighted by Crippen LogP contribution is 2.24. The molecule has 0 bridgehead atoms. The number of unbranched alkanes of at least 4 members (excludes halogenated alkanes) is 6. The second kappa shape index (κ2) is 10.4. The molecule has 0 unspecified atom stereocenters. The third-order valence-corrected chi connectivity index (χ3v) is 4.09. The van der Waals surface area contributed by atoms with Crippen LogP contribution in [0.1, 0.15) is 89.2 Å². The average Bonchev–Trinajstić information content (AvgIpc) is 2.48. The number of carbonyl (C=O) groups is 1. The summed E-state index contributed by atoms with van der Waals surface area (Å²) in [5, 5.41) is 0. The van der Waals surface area contributed by atoms with Gasteiger partial charge in [-0.3, -0.25) is 4.79 Å². The molecule has 0 saturated carbocycles. The summed E-state index contributed by atoms with van der Waals surface area (Å²) in [7, 11) is 0. The molecular formula is C20H32O2. The van der Waals surface area contributed by atoms with Crippen LogP contribution < -0.4 is 4.74 Å². The van der Waals surface area contributed by atoms with Crippen LogP contribution in [0.2, 0.25) is 0 Å². The highest BCUT2D eigenvalue weighted by molar-refractivity contribution is 5.72. The molecule has 124 valence electrons. The number of rotatable bonds is 10. The maximum Gasteiger partial charge on any atom is 0.311 e. The van der Waals surface area contributed by atoms with Gasteiger partial charge in [0, 0.05) is 6.42 Å². The number of benzene rings is 1. The standard InChI is InChI=1S/C20H32O2/c1-5-6-7-8-9-10-11-12-20(21)22-19-15-18(16(2)3)14-13-17(19)4/h13-16H,5-12H2,1-4H3. The molecule has 0 fully saturated rings. The van der Waals surface area contributed by atoms with Crippen LogP contribution in [-0.2, 0) is 4.79 Å². The molecule has 0 aromatic heterocycles. The molecule has 2 nitrogen and oxygen atoms in total. The van der Waals surface area contributed by atoms with Gasteiger partial charge in [-0.1, -0.05) is 71.4 Å². The van der Waals surface area contributed by atoms with Gasteiger partial charge in [0.15, 0.2) is 0 Å². The fourth-order valence-electron chi connectivity index (χ4n) is 2.49. The zero-order valence-electron chi connectivity index (χ0n) is 14.8. The van der Waals surface area contributed by atoms with Crippen LogP contribution in [0.25, 0.3) is 0 Å². The average molecular weight is 304 g/mol. The Bertz CT molecular complexity index is 449.